The van der Waals surface area contributed by atoms with Gasteiger partial charge in [-0.05, 0) is 24.8 Å². The summed E-state index contributed by atoms with van der Waals surface area (Å²) in [6.07, 6.45) is 3.73. The van der Waals surface area contributed by atoms with Gasteiger partial charge in [0.2, 0.25) is 5.89 Å². The smallest absolute Gasteiger partial charge is 0.257 e. The highest BCUT2D eigenvalue weighted by Crippen LogP contribution is 2.36. The van der Waals surface area contributed by atoms with Crippen molar-refractivity contribution in [1.29, 1.82) is 0 Å². The molecule has 2 saturated heterocycles. The summed E-state index contributed by atoms with van der Waals surface area (Å²) >= 11 is 0. The Labute approximate surface area is 133 Å². The summed E-state index contributed by atoms with van der Waals surface area (Å²) in [7, 11) is 0. The van der Waals surface area contributed by atoms with Gasteiger partial charge in [-0.3, -0.25) is 4.79 Å². The Balaban J connectivity index is 1.47. The fraction of sp³-hybridized carbons (Fsp3) is 0.562. The van der Waals surface area contributed by atoms with Gasteiger partial charge in [0.1, 0.15) is 6.26 Å². The molecule has 7 heteroatoms. The van der Waals surface area contributed by atoms with E-state index in [9.17, 15) is 4.79 Å². The molecule has 0 aliphatic carbocycles. The molecule has 0 saturated carbocycles. The van der Waals surface area contributed by atoms with Gasteiger partial charge >= 0.3 is 0 Å². The number of likely N-dealkylation sites (tertiary alicyclic amines) is 1. The number of aryl methyl sites for hydroxylation is 1. The Morgan fingerprint density at radius 1 is 1.39 bits per heavy atom. The average Bonchev–Trinajstić information content (AvgIpc) is 3.26. The maximum Gasteiger partial charge on any atom is 0.257 e. The Hall–Kier alpha value is -2.15. The number of carbonyl (C=O) groups is 1. The predicted octanol–water partition coefficient (Wildman–Crippen LogP) is 1.55. The molecule has 2 aliphatic rings. The van der Waals surface area contributed by atoms with E-state index in [1.54, 1.807) is 6.07 Å². The predicted molar refractivity (Wildman–Crippen MR) is 78.6 cm³/mol. The summed E-state index contributed by atoms with van der Waals surface area (Å²) in [5, 5.41) is 3.84. The van der Waals surface area contributed by atoms with Crippen LogP contribution in [0.3, 0.4) is 0 Å². The summed E-state index contributed by atoms with van der Waals surface area (Å²) in [5.74, 6) is 2.41. The molecule has 0 spiro atoms. The molecule has 1 amide bonds. The molecule has 0 radical (unpaired) electrons. The molecule has 23 heavy (non-hydrogen) atoms. The van der Waals surface area contributed by atoms with Crippen LogP contribution in [0.5, 0.6) is 0 Å². The third-order valence-electron chi connectivity index (χ3n) is 4.82. The van der Waals surface area contributed by atoms with Gasteiger partial charge in [0.15, 0.2) is 5.82 Å². The van der Waals surface area contributed by atoms with Crippen LogP contribution in [0.1, 0.15) is 22.1 Å². The number of hydrogen-bond donors (Lipinski definition) is 0. The number of amides is 1. The van der Waals surface area contributed by atoms with E-state index >= 15 is 0 Å². The third kappa shape index (κ3) is 2.76. The van der Waals surface area contributed by atoms with E-state index in [1.165, 1.54) is 12.5 Å². The molecular formula is C16H19N3O4. The quantitative estimate of drug-likeness (QED) is 0.854. The number of aromatic nitrogens is 2. The standard InChI is InChI=1S/C16H19N3O4/c1-10-17-15(23-18-10)4-12-8-22-9-13-5-19(6-14(12)13)16(20)11-2-3-21-7-11/h2-3,7,12-14H,4-6,8-9H2,1H3/t12-,13-,14+/m1/s1. The maximum absolute atomic E-state index is 12.5. The molecule has 3 atom stereocenters. The zero-order chi connectivity index (χ0) is 15.8. The first-order valence-electron chi connectivity index (χ1n) is 7.89. The first-order chi connectivity index (χ1) is 11.2. The van der Waals surface area contributed by atoms with Gasteiger partial charge in [0, 0.05) is 25.4 Å². The van der Waals surface area contributed by atoms with Crippen molar-refractivity contribution in [2.24, 2.45) is 17.8 Å². The highest BCUT2D eigenvalue weighted by molar-refractivity contribution is 5.94. The number of carbonyl (C=O) groups excluding carboxylic acids is 1. The molecule has 0 unspecified atom stereocenters. The number of hydrogen-bond acceptors (Lipinski definition) is 6. The van der Waals surface area contributed by atoms with E-state index in [0.717, 1.165) is 13.1 Å². The zero-order valence-electron chi connectivity index (χ0n) is 13.0. The van der Waals surface area contributed by atoms with Crippen LogP contribution in [-0.2, 0) is 11.2 Å². The van der Waals surface area contributed by atoms with E-state index in [2.05, 4.69) is 10.1 Å². The summed E-state index contributed by atoms with van der Waals surface area (Å²) in [4.78, 5) is 18.7. The lowest BCUT2D eigenvalue weighted by atomic mass is 9.81. The van der Waals surface area contributed by atoms with E-state index in [0.29, 0.717) is 54.7 Å². The minimum Gasteiger partial charge on any atom is -0.472 e. The van der Waals surface area contributed by atoms with Crippen molar-refractivity contribution in [3.05, 3.63) is 35.9 Å². The summed E-state index contributed by atoms with van der Waals surface area (Å²) in [6, 6.07) is 1.71. The van der Waals surface area contributed by atoms with Crippen molar-refractivity contribution in [3.63, 3.8) is 0 Å². The molecule has 2 aromatic heterocycles. The Morgan fingerprint density at radius 2 is 2.30 bits per heavy atom. The first kappa shape index (κ1) is 14.4. The fourth-order valence-corrected chi connectivity index (χ4v) is 3.69. The largest absolute Gasteiger partial charge is 0.472 e. The zero-order valence-corrected chi connectivity index (χ0v) is 13.0. The van der Waals surface area contributed by atoms with Gasteiger partial charge in [-0.25, -0.2) is 0 Å². The number of furan rings is 1. The molecule has 2 aromatic rings. The van der Waals surface area contributed by atoms with Crippen LogP contribution in [0.25, 0.3) is 0 Å². The lowest BCUT2D eigenvalue weighted by molar-refractivity contribution is -0.0110. The lowest BCUT2D eigenvalue weighted by Gasteiger charge is -2.31. The van der Waals surface area contributed by atoms with Crippen molar-refractivity contribution in [3.8, 4) is 0 Å². The summed E-state index contributed by atoms with van der Waals surface area (Å²) in [5.41, 5.74) is 0.605. The van der Waals surface area contributed by atoms with Crippen molar-refractivity contribution < 1.29 is 18.5 Å². The third-order valence-corrected chi connectivity index (χ3v) is 4.82. The highest BCUT2D eigenvalue weighted by atomic mass is 16.5. The van der Waals surface area contributed by atoms with Crippen LogP contribution in [0.15, 0.2) is 27.5 Å². The van der Waals surface area contributed by atoms with E-state index in [-0.39, 0.29) is 5.91 Å². The Morgan fingerprint density at radius 3 is 3.04 bits per heavy atom. The SMILES string of the molecule is Cc1noc(C[C@@H]2COC[C@H]3CN(C(=O)c4ccoc4)C[C@@H]23)n1. The highest BCUT2D eigenvalue weighted by Gasteiger charge is 2.43. The van der Waals surface area contributed by atoms with Gasteiger partial charge in [0.25, 0.3) is 5.91 Å². The number of fused-ring (bicyclic) bond motifs is 1. The second-order valence-electron chi connectivity index (χ2n) is 6.38. The molecule has 122 valence electrons. The number of ether oxygens (including phenoxy) is 1. The minimum atomic E-state index is 0.0283. The van der Waals surface area contributed by atoms with Crippen LogP contribution in [-0.4, -0.2) is 47.3 Å². The second kappa shape index (κ2) is 5.81. The molecule has 0 bridgehead atoms. The van der Waals surface area contributed by atoms with Crippen LogP contribution in [0.4, 0.5) is 0 Å². The monoisotopic (exact) mass is 317 g/mol. The Kier molecular flexibility index (Phi) is 3.65. The molecule has 2 fully saturated rings. The van der Waals surface area contributed by atoms with Gasteiger partial charge in [-0.1, -0.05) is 5.16 Å². The molecule has 7 nitrogen and oxygen atoms in total. The second-order valence-corrected chi connectivity index (χ2v) is 6.38. The van der Waals surface area contributed by atoms with Crippen molar-refractivity contribution in [2.45, 2.75) is 13.3 Å². The van der Waals surface area contributed by atoms with Gasteiger partial charge in [-0.2, -0.15) is 4.98 Å². The van der Waals surface area contributed by atoms with Gasteiger partial charge in [-0.15, -0.1) is 0 Å². The van der Waals surface area contributed by atoms with Crippen molar-refractivity contribution in [2.75, 3.05) is 26.3 Å². The number of rotatable bonds is 3. The Bertz CT molecular complexity index is 681. The van der Waals surface area contributed by atoms with Crippen molar-refractivity contribution in [1.82, 2.24) is 15.0 Å². The maximum atomic E-state index is 12.5. The fourth-order valence-electron chi connectivity index (χ4n) is 3.69. The first-order valence-corrected chi connectivity index (χ1v) is 7.89. The van der Waals surface area contributed by atoms with Gasteiger partial charge < -0.3 is 18.6 Å². The lowest BCUT2D eigenvalue weighted by Crippen LogP contribution is -2.36. The topological polar surface area (TPSA) is 81.6 Å². The van der Waals surface area contributed by atoms with E-state index in [4.69, 9.17) is 13.7 Å². The van der Waals surface area contributed by atoms with Crippen LogP contribution in [0.2, 0.25) is 0 Å². The minimum absolute atomic E-state index is 0.0283. The normalized spacial score (nSPS) is 27.2. The van der Waals surface area contributed by atoms with Gasteiger partial charge in [0.05, 0.1) is 25.0 Å². The van der Waals surface area contributed by atoms with Crippen molar-refractivity contribution >= 4 is 5.91 Å². The van der Waals surface area contributed by atoms with Crippen LogP contribution in [0, 0.1) is 24.7 Å². The average molecular weight is 317 g/mol. The van der Waals surface area contributed by atoms with E-state index in [1.807, 2.05) is 11.8 Å². The molecular weight excluding hydrogens is 298 g/mol. The number of nitrogens with zero attached hydrogens (tertiary/aromatic N) is 3. The van der Waals surface area contributed by atoms with Crippen LogP contribution >= 0.6 is 0 Å². The molecule has 0 aromatic carbocycles. The molecule has 2 aliphatic heterocycles. The van der Waals surface area contributed by atoms with E-state index < -0.39 is 0 Å². The molecule has 0 N–H and O–H groups in total. The summed E-state index contributed by atoms with van der Waals surface area (Å²) < 4.78 is 16.0. The van der Waals surface area contributed by atoms with Crippen LogP contribution < -0.4 is 0 Å². The molecule has 4 heterocycles. The molecule has 4 rings (SSSR count). The summed E-state index contributed by atoms with van der Waals surface area (Å²) in [6.45, 7) is 4.67.